The van der Waals surface area contributed by atoms with Gasteiger partial charge >= 0.3 is 0 Å². The molecule has 1 unspecified atom stereocenters. The van der Waals surface area contributed by atoms with Gasteiger partial charge in [-0.15, -0.1) is 0 Å². The quantitative estimate of drug-likeness (QED) is 0.588. The molecule has 1 atom stereocenters. The smallest absolute Gasteiger partial charge is 0.0285 e. The van der Waals surface area contributed by atoms with Gasteiger partial charge in [0.05, 0.1) is 0 Å². The molecule has 0 spiro atoms. The van der Waals surface area contributed by atoms with Gasteiger partial charge in [-0.1, -0.05) is 56.9 Å². The monoisotopic (exact) mass is 206 g/mol. The van der Waals surface area contributed by atoms with Crippen LogP contribution in [0, 0.1) is 5.92 Å². The van der Waals surface area contributed by atoms with Gasteiger partial charge in [-0.25, -0.2) is 0 Å². The van der Waals surface area contributed by atoms with Crippen molar-refractivity contribution in [2.75, 3.05) is 0 Å². The van der Waals surface area contributed by atoms with Crippen LogP contribution in [0.3, 0.4) is 0 Å². The minimum Gasteiger partial charge on any atom is -0.0843 e. The van der Waals surface area contributed by atoms with E-state index in [9.17, 15) is 0 Å². The van der Waals surface area contributed by atoms with E-state index in [1.807, 2.05) is 0 Å². The fraction of sp³-hybridized carbons (Fsp3) is 0.733. The lowest BCUT2D eigenvalue weighted by atomic mass is 9.93. The minimum atomic E-state index is 0.946. The highest BCUT2D eigenvalue weighted by Gasteiger charge is 2.07. The molecular formula is C15H26. The van der Waals surface area contributed by atoms with Crippen molar-refractivity contribution >= 4 is 0 Å². The van der Waals surface area contributed by atoms with Crippen LogP contribution in [0.1, 0.15) is 65.2 Å². The van der Waals surface area contributed by atoms with E-state index in [1.54, 1.807) is 5.57 Å². The van der Waals surface area contributed by atoms with Gasteiger partial charge in [0.15, 0.2) is 0 Å². The number of allylic oxidation sites excluding steroid dienone is 4. The maximum Gasteiger partial charge on any atom is -0.0285 e. The second kappa shape index (κ2) is 7.73. The Morgan fingerprint density at radius 3 is 2.87 bits per heavy atom. The first kappa shape index (κ1) is 12.5. The summed E-state index contributed by atoms with van der Waals surface area (Å²) in [5.74, 6) is 0.946. The molecule has 0 nitrogen and oxygen atoms in total. The van der Waals surface area contributed by atoms with E-state index in [-0.39, 0.29) is 0 Å². The van der Waals surface area contributed by atoms with Crippen molar-refractivity contribution in [2.45, 2.75) is 65.2 Å². The Hall–Kier alpha value is -0.520. The van der Waals surface area contributed by atoms with Gasteiger partial charge in [-0.3, -0.25) is 0 Å². The minimum absolute atomic E-state index is 0.946. The standard InChI is InChI=1S/C15H26/c1-3-8-14-10-6-5-7-11-15(9-4-2)13-12-14/h6,10,12,15H,3-5,7-9,11,13H2,1-2H3. The third kappa shape index (κ3) is 5.20. The van der Waals surface area contributed by atoms with Crippen LogP contribution in [0.25, 0.3) is 0 Å². The SMILES string of the molecule is CCCC1=CCC(CCC)CCCC=C1. The lowest BCUT2D eigenvalue weighted by Crippen LogP contribution is -1.98. The molecule has 0 saturated heterocycles. The molecule has 0 heteroatoms. The molecule has 0 aliphatic heterocycles. The third-order valence-corrected chi connectivity index (χ3v) is 3.26. The molecule has 1 aliphatic carbocycles. The Kier molecular flexibility index (Phi) is 6.47. The molecule has 0 amide bonds. The molecule has 0 aromatic rings. The highest BCUT2D eigenvalue weighted by Crippen LogP contribution is 2.23. The van der Waals surface area contributed by atoms with Crippen LogP contribution < -0.4 is 0 Å². The first-order valence-electron chi connectivity index (χ1n) is 6.72. The van der Waals surface area contributed by atoms with E-state index in [0.717, 1.165) is 5.92 Å². The van der Waals surface area contributed by atoms with Crippen LogP contribution in [-0.4, -0.2) is 0 Å². The zero-order valence-corrected chi connectivity index (χ0v) is 10.5. The zero-order chi connectivity index (χ0) is 10.9. The molecular weight excluding hydrogens is 180 g/mol. The summed E-state index contributed by atoms with van der Waals surface area (Å²) in [6.07, 6.45) is 17.9. The third-order valence-electron chi connectivity index (χ3n) is 3.26. The summed E-state index contributed by atoms with van der Waals surface area (Å²) in [5, 5.41) is 0. The van der Waals surface area contributed by atoms with Crippen molar-refractivity contribution in [3.05, 3.63) is 23.8 Å². The maximum absolute atomic E-state index is 2.49. The second-order valence-electron chi connectivity index (χ2n) is 4.75. The molecule has 0 aromatic carbocycles. The van der Waals surface area contributed by atoms with E-state index in [0.29, 0.717) is 0 Å². The van der Waals surface area contributed by atoms with Gasteiger partial charge < -0.3 is 0 Å². The predicted octanol–water partition coefficient (Wildman–Crippen LogP) is 5.26. The van der Waals surface area contributed by atoms with Crippen molar-refractivity contribution in [1.29, 1.82) is 0 Å². The first-order valence-corrected chi connectivity index (χ1v) is 6.72. The molecule has 1 rings (SSSR count). The second-order valence-corrected chi connectivity index (χ2v) is 4.75. The lowest BCUT2D eigenvalue weighted by Gasteiger charge is -2.13. The topological polar surface area (TPSA) is 0 Å². The van der Waals surface area contributed by atoms with Crippen LogP contribution in [0.5, 0.6) is 0 Å². The van der Waals surface area contributed by atoms with Crippen LogP contribution in [0.2, 0.25) is 0 Å². The van der Waals surface area contributed by atoms with E-state index in [4.69, 9.17) is 0 Å². The summed E-state index contributed by atoms with van der Waals surface area (Å²) in [5.41, 5.74) is 1.57. The molecule has 0 heterocycles. The van der Waals surface area contributed by atoms with Gasteiger partial charge in [0, 0.05) is 0 Å². The molecule has 0 radical (unpaired) electrons. The van der Waals surface area contributed by atoms with E-state index in [2.05, 4.69) is 32.1 Å². The van der Waals surface area contributed by atoms with Gasteiger partial charge in [0.1, 0.15) is 0 Å². The molecule has 0 aromatic heterocycles. The fourth-order valence-corrected chi connectivity index (χ4v) is 2.41. The average molecular weight is 206 g/mol. The van der Waals surface area contributed by atoms with E-state index < -0.39 is 0 Å². The van der Waals surface area contributed by atoms with E-state index in [1.165, 1.54) is 51.4 Å². The van der Waals surface area contributed by atoms with Gasteiger partial charge in [-0.2, -0.15) is 0 Å². The predicted molar refractivity (Wildman–Crippen MR) is 69.0 cm³/mol. The molecule has 1 aliphatic rings. The van der Waals surface area contributed by atoms with Gasteiger partial charge in [-0.05, 0) is 38.0 Å². The molecule has 0 saturated carbocycles. The summed E-state index contributed by atoms with van der Waals surface area (Å²) in [6, 6.07) is 0. The number of hydrogen-bond donors (Lipinski definition) is 0. The summed E-state index contributed by atoms with van der Waals surface area (Å²) >= 11 is 0. The summed E-state index contributed by atoms with van der Waals surface area (Å²) in [6.45, 7) is 4.58. The first-order chi connectivity index (χ1) is 7.36. The van der Waals surface area contributed by atoms with Crippen molar-refractivity contribution in [1.82, 2.24) is 0 Å². The Bertz CT molecular complexity index is 210. The summed E-state index contributed by atoms with van der Waals surface area (Å²) < 4.78 is 0. The molecule has 0 N–H and O–H groups in total. The molecule has 0 bridgehead atoms. The summed E-state index contributed by atoms with van der Waals surface area (Å²) in [4.78, 5) is 0. The number of rotatable bonds is 4. The Labute approximate surface area is 95.5 Å². The van der Waals surface area contributed by atoms with Crippen molar-refractivity contribution in [3.63, 3.8) is 0 Å². The molecule has 0 fully saturated rings. The van der Waals surface area contributed by atoms with Crippen molar-refractivity contribution in [2.24, 2.45) is 5.92 Å². The molecule has 15 heavy (non-hydrogen) atoms. The number of hydrogen-bond acceptors (Lipinski definition) is 0. The van der Waals surface area contributed by atoms with Crippen LogP contribution >= 0.6 is 0 Å². The van der Waals surface area contributed by atoms with Gasteiger partial charge in [0.2, 0.25) is 0 Å². The Morgan fingerprint density at radius 2 is 2.13 bits per heavy atom. The largest absolute Gasteiger partial charge is 0.0843 e. The van der Waals surface area contributed by atoms with E-state index >= 15 is 0 Å². The van der Waals surface area contributed by atoms with Crippen LogP contribution in [0.4, 0.5) is 0 Å². The normalized spacial score (nSPS) is 22.8. The van der Waals surface area contributed by atoms with Crippen LogP contribution in [-0.2, 0) is 0 Å². The highest BCUT2D eigenvalue weighted by atomic mass is 14.1. The average Bonchev–Trinajstić information content (AvgIpc) is 2.33. The Balaban J connectivity index is 2.53. The zero-order valence-electron chi connectivity index (χ0n) is 10.5. The van der Waals surface area contributed by atoms with Crippen LogP contribution in [0.15, 0.2) is 23.8 Å². The Morgan fingerprint density at radius 1 is 1.27 bits per heavy atom. The fourth-order valence-electron chi connectivity index (χ4n) is 2.41. The van der Waals surface area contributed by atoms with Crippen molar-refractivity contribution < 1.29 is 0 Å². The molecule has 86 valence electrons. The van der Waals surface area contributed by atoms with Gasteiger partial charge in [0.25, 0.3) is 0 Å². The lowest BCUT2D eigenvalue weighted by molar-refractivity contribution is 0.438. The highest BCUT2D eigenvalue weighted by molar-refractivity contribution is 5.19. The van der Waals surface area contributed by atoms with Crippen molar-refractivity contribution in [3.8, 4) is 0 Å². The summed E-state index contributed by atoms with van der Waals surface area (Å²) in [7, 11) is 0. The maximum atomic E-state index is 2.49.